The highest BCUT2D eigenvalue weighted by Gasteiger charge is 2.48. The standard InChI is InChI=1S/C58H39NS/c1-5-18-41(19-6-1)57(42-20-7-2-8-21-42)50-28-15-13-26-47(50)49-38-45(34-35-52(49)57)59(46-33-32-40-36-37-60-55(40)39-46)54-31-17-30-53-56(54)48-27-14-16-29-51(48)58(53,43-22-9-3-10-23-43)44-24-11-4-12-25-44/h1-39H. The molecule has 0 saturated carbocycles. The molecule has 282 valence electrons. The summed E-state index contributed by atoms with van der Waals surface area (Å²) in [5, 5.41) is 3.46. The molecule has 0 amide bonds. The Morgan fingerprint density at radius 2 is 0.800 bits per heavy atom. The molecule has 0 atom stereocenters. The smallest absolute Gasteiger partial charge is 0.0714 e. The Hall–Kier alpha value is -7.26. The third-order valence-corrected chi connectivity index (χ3v) is 14.0. The van der Waals surface area contributed by atoms with Crippen LogP contribution in [0.5, 0.6) is 0 Å². The molecule has 2 aliphatic carbocycles. The molecule has 0 bridgehead atoms. The maximum atomic E-state index is 2.52. The average Bonchev–Trinajstić information content (AvgIpc) is 4.01. The zero-order valence-corrected chi connectivity index (χ0v) is 33.7. The van der Waals surface area contributed by atoms with Crippen molar-refractivity contribution in [2.45, 2.75) is 10.8 Å². The van der Waals surface area contributed by atoms with Crippen molar-refractivity contribution in [1.82, 2.24) is 0 Å². The number of nitrogens with zero attached hydrogens (tertiary/aromatic N) is 1. The third kappa shape index (κ3) is 4.86. The van der Waals surface area contributed by atoms with Crippen molar-refractivity contribution in [1.29, 1.82) is 0 Å². The average molecular weight is 782 g/mol. The van der Waals surface area contributed by atoms with E-state index in [4.69, 9.17) is 0 Å². The second-order valence-corrected chi connectivity index (χ2v) is 16.9. The Labute approximate surface area is 355 Å². The van der Waals surface area contributed by atoms with Gasteiger partial charge in [0.05, 0.1) is 16.5 Å². The SMILES string of the molecule is c1ccc(C2(c3ccccc3)c3ccccc3-c3cc(N(c4ccc5ccsc5c4)c4cccc5c4-c4ccccc4C5(c4ccccc4)c4ccccc4)ccc32)cc1. The predicted octanol–water partition coefficient (Wildman–Crippen LogP) is 15.1. The summed E-state index contributed by atoms with van der Waals surface area (Å²) in [5.41, 5.74) is 17.8. The summed E-state index contributed by atoms with van der Waals surface area (Å²) in [6.07, 6.45) is 0. The maximum absolute atomic E-state index is 2.52. The van der Waals surface area contributed by atoms with Crippen LogP contribution < -0.4 is 4.90 Å². The van der Waals surface area contributed by atoms with E-state index in [0.29, 0.717) is 0 Å². The van der Waals surface area contributed by atoms with E-state index < -0.39 is 10.8 Å². The summed E-state index contributed by atoms with van der Waals surface area (Å²) >= 11 is 1.80. The first kappa shape index (κ1) is 34.8. The van der Waals surface area contributed by atoms with Gasteiger partial charge in [0.1, 0.15) is 0 Å². The van der Waals surface area contributed by atoms with E-state index in [1.165, 1.54) is 76.8 Å². The number of benzene rings is 9. The molecule has 2 heteroatoms. The van der Waals surface area contributed by atoms with Gasteiger partial charge in [-0.15, -0.1) is 11.3 Å². The molecule has 10 aromatic rings. The molecule has 0 N–H and O–H groups in total. The molecule has 0 radical (unpaired) electrons. The lowest BCUT2D eigenvalue weighted by Gasteiger charge is -2.35. The Morgan fingerprint density at radius 1 is 0.333 bits per heavy atom. The van der Waals surface area contributed by atoms with Crippen LogP contribution in [-0.4, -0.2) is 0 Å². The van der Waals surface area contributed by atoms with Gasteiger partial charge in [-0.2, -0.15) is 0 Å². The van der Waals surface area contributed by atoms with Crippen LogP contribution >= 0.6 is 11.3 Å². The van der Waals surface area contributed by atoms with Gasteiger partial charge in [0.15, 0.2) is 0 Å². The van der Waals surface area contributed by atoms with Crippen LogP contribution in [0.4, 0.5) is 17.1 Å². The Kier molecular flexibility index (Phi) is 7.91. The minimum atomic E-state index is -0.504. The van der Waals surface area contributed by atoms with Gasteiger partial charge in [0.2, 0.25) is 0 Å². The molecule has 2 aliphatic rings. The van der Waals surface area contributed by atoms with E-state index in [9.17, 15) is 0 Å². The number of thiophene rings is 1. The molecular formula is C58H39NS. The van der Waals surface area contributed by atoms with Crippen LogP contribution in [0.1, 0.15) is 44.5 Å². The Morgan fingerprint density at radius 3 is 1.42 bits per heavy atom. The topological polar surface area (TPSA) is 3.24 Å². The fourth-order valence-corrected chi connectivity index (χ4v) is 11.6. The zero-order valence-electron chi connectivity index (χ0n) is 32.9. The van der Waals surface area contributed by atoms with Gasteiger partial charge in [-0.1, -0.05) is 194 Å². The van der Waals surface area contributed by atoms with E-state index in [0.717, 1.165) is 17.1 Å². The first-order valence-corrected chi connectivity index (χ1v) is 21.6. The second-order valence-electron chi connectivity index (χ2n) is 16.0. The molecular weight excluding hydrogens is 743 g/mol. The highest BCUT2D eigenvalue weighted by molar-refractivity contribution is 7.17. The van der Waals surface area contributed by atoms with Crippen molar-refractivity contribution < 1.29 is 0 Å². The van der Waals surface area contributed by atoms with Gasteiger partial charge in [-0.25, -0.2) is 0 Å². The van der Waals surface area contributed by atoms with E-state index in [1.807, 2.05) is 0 Å². The van der Waals surface area contributed by atoms with E-state index >= 15 is 0 Å². The summed E-state index contributed by atoms with van der Waals surface area (Å²) < 4.78 is 1.27. The number of fused-ring (bicyclic) bond motifs is 7. The van der Waals surface area contributed by atoms with Crippen molar-refractivity contribution in [2.75, 3.05) is 4.90 Å². The monoisotopic (exact) mass is 781 g/mol. The Bertz CT molecular complexity index is 3120. The number of hydrogen-bond donors (Lipinski definition) is 0. The fourth-order valence-electron chi connectivity index (χ4n) is 10.7. The molecule has 0 aliphatic heterocycles. The van der Waals surface area contributed by atoms with Gasteiger partial charge in [-0.05, 0) is 108 Å². The number of rotatable bonds is 7. The van der Waals surface area contributed by atoms with Crippen LogP contribution in [0.15, 0.2) is 236 Å². The molecule has 12 rings (SSSR count). The zero-order chi connectivity index (χ0) is 39.7. The lowest BCUT2D eigenvalue weighted by atomic mass is 9.67. The van der Waals surface area contributed by atoms with Crippen LogP contribution in [0.3, 0.4) is 0 Å². The van der Waals surface area contributed by atoms with Crippen molar-refractivity contribution in [2.24, 2.45) is 0 Å². The van der Waals surface area contributed by atoms with Crippen molar-refractivity contribution >= 4 is 38.5 Å². The minimum Gasteiger partial charge on any atom is -0.310 e. The molecule has 1 heterocycles. The summed E-state index contributed by atoms with van der Waals surface area (Å²) in [7, 11) is 0. The van der Waals surface area contributed by atoms with Gasteiger partial charge in [-0.3, -0.25) is 0 Å². The minimum absolute atomic E-state index is 0.467. The lowest BCUT2D eigenvalue weighted by Crippen LogP contribution is -2.28. The molecule has 1 nitrogen and oxygen atoms in total. The van der Waals surface area contributed by atoms with Gasteiger partial charge >= 0.3 is 0 Å². The molecule has 0 unspecified atom stereocenters. The normalized spacial score (nSPS) is 13.9. The van der Waals surface area contributed by atoms with Crippen LogP contribution in [0.2, 0.25) is 0 Å². The van der Waals surface area contributed by atoms with Gasteiger partial charge in [0, 0.05) is 21.6 Å². The fraction of sp³-hybridized carbons (Fsp3) is 0.0345. The van der Waals surface area contributed by atoms with Crippen LogP contribution in [0.25, 0.3) is 32.3 Å². The summed E-state index contributed by atoms with van der Waals surface area (Å²) in [6, 6.07) is 85.9. The highest BCUT2D eigenvalue weighted by Crippen LogP contribution is 2.61. The first-order valence-electron chi connectivity index (χ1n) is 20.8. The van der Waals surface area contributed by atoms with Crippen molar-refractivity contribution in [3.8, 4) is 22.3 Å². The largest absolute Gasteiger partial charge is 0.310 e. The maximum Gasteiger partial charge on any atom is 0.0714 e. The predicted molar refractivity (Wildman–Crippen MR) is 251 cm³/mol. The van der Waals surface area contributed by atoms with Crippen molar-refractivity contribution in [3.05, 3.63) is 280 Å². The van der Waals surface area contributed by atoms with Crippen LogP contribution in [0, 0.1) is 0 Å². The number of hydrogen-bond acceptors (Lipinski definition) is 2. The summed E-state index contributed by atoms with van der Waals surface area (Å²) in [4.78, 5) is 2.52. The molecule has 1 aromatic heterocycles. The Balaban J connectivity index is 1.16. The van der Waals surface area contributed by atoms with Gasteiger partial charge < -0.3 is 4.90 Å². The lowest BCUT2D eigenvalue weighted by molar-refractivity contribution is 0.768. The summed E-state index contributed by atoms with van der Waals surface area (Å²) in [5.74, 6) is 0. The third-order valence-electron chi connectivity index (χ3n) is 13.1. The second kappa shape index (κ2) is 13.7. The van der Waals surface area contributed by atoms with E-state index in [-0.39, 0.29) is 0 Å². The molecule has 0 saturated heterocycles. The quantitative estimate of drug-likeness (QED) is 0.156. The first-order chi connectivity index (χ1) is 29.8. The highest BCUT2D eigenvalue weighted by atomic mass is 32.1. The molecule has 9 aromatic carbocycles. The molecule has 0 fully saturated rings. The molecule has 60 heavy (non-hydrogen) atoms. The van der Waals surface area contributed by atoms with Gasteiger partial charge in [0.25, 0.3) is 0 Å². The van der Waals surface area contributed by atoms with E-state index in [2.05, 4.69) is 241 Å². The molecule has 0 spiro atoms. The van der Waals surface area contributed by atoms with Crippen LogP contribution in [-0.2, 0) is 10.8 Å². The van der Waals surface area contributed by atoms with Crippen molar-refractivity contribution in [3.63, 3.8) is 0 Å². The number of anilines is 3. The van der Waals surface area contributed by atoms with E-state index in [1.54, 1.807) is 11.3 Å². The summed E-state index contributed by atoms with van der Waals surface area (Å²) in [6.45, 7) is 0.